The van der Waals surface area contributed by atoms with Gasteiger partial charge >= 0.3 is 0 Å². The summed E-state index contributed by atoms with van der Waals surface area (Å²) in [5, 5.41) is 8.14. The van der Waals surface area contributed by atoms with E-state index in [1.54, 1.807) is 11.3 Å². The molecule has 1 fully saturated rings. The Bertz CT molecular complexity index is 544. The molecule has 0 saturated carbocycles. The molecule has 6 nitrogen and oxygen atoms in total. The zero-order chi connectivity index (χ0) is 18.8. The minimum atomic E-state index is 0. The number of aromatic nitrogens is 1. The Labute approximate surface area is 185 Å². The van der Waals surface area contributed by atoms with Gasteiger partial charge in [0.1, 0.15) is 0 Å². The molecule has 1 aromatic heterocycles. The first kappa shape index (κ1) is 24.6. The highest BCUT2D eigenvalue weighted by Crippen LogP contribution is 2.12. The van der Waals surface area contributed by atoms with Gasteiger partial charge in [-0.1, -0.05) is 0 Å². The average molecular weight is 510 g/mol. The van der Waals surface area contributed by atoms with Crippen molar-refractivity contribution in [2.45, 2.75) is 59.1 Å². The maximum absolute atomic E-state index is 5.66. The van der Waals surface area contributed by atoms with Gasteiger partial charge in [0, 0.05) is 56.3 Å². The first-order valence-corrected chi connectivity index (χ1v) is 10.7. The lowest BCUT2D eigenvalue weighted by atomic mass is 10.1. The van der Waals surface area contributed by atoms with Gasteiger partial charge < -0.3 is 20.3 Å². The summed E-state index contributed by atoms with van der Waals surface area (Å²) < 4.78 is 5.66. The summed E-state index contributed by atoms with van der Waals surface area (Å²) in [6, 6.07) is 0.497. The fourth-order valence-electron chi connectivity index (χ4n) is 3.01. The summed E-state index contributed by atoms with van der Waals surface area (Å²) in [5.74, 6) is 0.933. The number of piperidine rings is 1. The second kappa shape index (κ2) is 13.7. The van der Waals surface area contributed by atoms with E-state index in [1.807, 2.05) is 6.20 Å². The number of hydrogen-bond donors (Lipinski definition) is 2. The lowest BCUT2D eigenvalue weighted by Crippen LogP contribution is -2.49. The third-order valence-corrected chi connectivity index (χ3v) is 5.37. The Hall–Kier alpha value is -0.450. The second-order valence-corrected chi connectivity index (χ2v) is 8.37. The molecule has 0 atom stereocenters. The molecule has 1 aromatic rings. The standard InChI is InChI=1S/C19H35N5OS.HI/c1-5-20-19(21-9-6-18-22-14-16(4)26-18)23-17-7-10-24(11-8-17)12-13-25-15(2)3;/h14-15,17H,5-13H2,1-4H3,(H2,20,21,23);1H. The largest absolute Gasteiger partial charge is 0.377 e. The topological polar surface area (TPSA) is 61.8 Å². The molecule has 0 aliphatic carbocycles. The molecule has 0 unspecified atom stereocenters. The number of nitrogens with one attached hydrogen (secondary N) is 2. The first-order chi connectivity index (χ1) is 12.6. The van der Waals surface area contributed by atoms with Gasteiger partial charge in [0.15, 0.2) is 5.96 Å². The number of ether oxygens (including phenoxy) is 1. The molecule has 0 aromatic carbocycles. The molecule has 0 spiro atoms. The van der Waals surface area contributed by atoms with E-state index in [0.29, 0.717) is 12.1 Å². The van der Waals surface area contributed by atoms with Gasteiger partial charge in [-0.05, 0) is 40.5 Å². The van der Waals surface area contributed by atoms with E-state index >= 15 is 0 Å². The molecule has 8 heteroatoms. The minimum Gasteiger partial charge on any atom is -0.377 e. The fraction of sp³-hybridized carbons (Fsp3) is 0.789. The normalized spacial score (nSPS) is 16.4. The maximum atomic E-state index is 5.66. The van der Waals surface area contributed by atoms with Crippen LogP contribution in [0.3, 0.4) is 0 Å². The van der Waals surface area contributed by atoms with Crippen LogP contribution in [0.15, 0.2) is 11.2 Å². The van der Waals surface area contributed by atoms with Crippen LogP contribution in [-0.2, 0) is 11.2 Å². The van der Waals surface area contributed by atoms with E-state index < -0.39 is 0 Å². The summed E-state index contributed by atoms with van der Waals surface area (Å²) >= 11 is 1.76. The molecule has 1 aliphatic rings. The Morgan fingerprint density at radius 3 is 2.74 bits per heavy atom. The molecule has 2 heterocycles. The van der Waals surface area contributed by atoms with Crippen molar-refractivity contribution in [2.75, 3.05) is 39.3 Å². The van der Waals surface area contributed by atoms with E-state index in [2.05, 4.69) is 48.2 Å². The zero-order valence-electron chi connectivity index (χ0n) is 17.2. The van der Waals surface area contributed by atoms with Crippen LogP contribution < -0.4 is 10.6 Å². The number of nitrogens with zero attached hydrogens (tertiary/aromatic N) is 3. The highest BCUT2D eigenvalue weighted by molar-refractivity contribution is 14.0. The van der Waals surface area contributed by atoms with Gasteiger partial charge in [-0.15, -0.1) is 35.3 Å². The van der Waals surface area contributed by atoms with Crippen LogP contribution in [0.2, 0.25) is 0 Å². The molecule has 2 N–H and O–H groups in total. The minimum absolute atomic E-state index is 0. The zero-order valence-corrected chi connectivity index (χ0v) is 20.3. The maximum Gasteiger partial charge on any atom is 0.191 e. The highest BCUT2D eigenvalue weighted by atomic mass is 127. The predicted octanol–water partition coefficient (Wildman–Crippen LogP) is 3.06. The van der Waals surface area contributed by atoms with E-state index in [1.165, 1.54) is 9.88 Å². The lowest BCUT2D eigenvalue weighted by molar-refractivity contribution is 0.0532. The van der Waals surface area contributed by atoms with Crippen molar-refractivity contribution >= 4 is 41.3 Å². The summed E-state index contributed by atoms with van der Waals surface area (Å²) in [7, 11) is 0. The van der Waals surface area contributed by atoms with Crippen LogP contribution >= 0.6 is 35.3 Å². The number of aryl methyl sites for hydroxylation is 1. The van der Waals surface area contributed by atoms with E-state index in [0.717, 1.165) is 64.6 Å². The summed E-state index contributed by atoms with van der Waals surface area (Å²) in [6.45, 7) is 14.1. The van der Waals surface area contributed by atoms with Crippen LogP contribution in [0.1, 0.15) is 43.5 Å². The average Bonchev–Trinajstić information content (AvgIpc) is 3.01. The summed E-state index contributed by atoms with van der Waals surface area (Å²) in [4.78, 5) is 12.9. The Balaban J connectivity index is 0.00000364. The summed E-state index contributed by atoms with van der Waals surface area (Å²) in [5.41, 5.74) is 0. The van der Waals surface area contributed by atoms with Crippen molar-refractivity contribution in [3.63, 3.8) is 0 Å². The third-order valence-electron chi connectivity index (χ3n) is 4.40. The molecule has 0 bridgehead atoms. The van der Waals surface area contributed by atoms with E-state index in [4.69, 9.17) is 9.73 Å². The number of rotatable bonds is 9. The van der Waals surface area contributed by atoms with Crippen molar-refractivity contribution in [3.8, 4) is 0 Å². The summed E-state index contributed by atoms with van der Waals surface area (Å²) in [6.07, 6.45) is 5.47. The van der Waals surface area contributed by atoms with Gasteiger partial charge in [0.2, 0.25) is 0 Å². The Morgan fingerprint density at radius 2 is 2.15 bits per heavy atom. The van der Waals surface area contributed by atoms with E-state index in [9.17, 15) is 0 Å². The number of aliphatic imine (C=N–C) groups is 1. The fourth-order valence-corrected chi connectivity index (χ4v) is 3.79. The molecule has 1 aliphatic heterocycles. The Kier molecular flexibility index (Phi) is 12.5. The number of thiazole rings is 1. The van der Waals surface area contributed by atoms with Gasteiger partial charge in [-0.25, -0.2) is 4.98 Å². The highest BCUT2D eigenvalue weighted by Gasteiger charge is 2.19. The van der Waals surface area contributed by atoms with Crippen molar-refractivity contribution in [2.24, 2.45) is 4.99 Å². The first-order valence-electron chi connectivity index (χ1n) is 9.87. The van der Waals surface area contributed by atoms with Gasteiger partial charge in [0.05, 0.1) is 17.7 Å². The lowest BCUT2D eigenvalue weighted by Gasteiger charge is -2.33. The molecule has 2 rings (SSSR count). The SMILES string of the molecule is CCNC(=NCCc1ncc(C)s1)NC1CCN(CCOC(C)C)CC1.I. The van der Waals surface area contributed by atoms with Crippen molar-refractivity contribution < 1.29 is 4.74 Å². The van der Waals surface area contributed by atoms with Gasteiger partial charge in [0.25, 0.3) is 0 Å². The smallest absolute Gasteiger partial charge is 0.191 e. The second-order valence-electron chi connectivity index (χ2n) is 7.06. The quantitative estimate of drug-likeness (QED) is 0.305. The predicted molar refractivity (Wildman–Crippen MR) is 126 cm³/mol. The van der Waals surface area contributed by atoms with Crippen molar-refractivity contribution in [3.05, 3.63) is 16.1 Å². The van der Waals surface area contributed by atoms with Crippen LogP contribution in [0.5, 0.6) is 0 Å². The molecule has 156 valence electrons. The van der Waals surface area contributed by atoms with Crippen molar-refractivity contribution in [1.29, 1.82) is 0 Å². The van der Waals surface area contributed by atoms with Gasteiger partial charge in [-0.2, -0.15) is 0 Å². The number of guanidine groups is 1. The molecule has 0 amide bonds. The number of halogens is 1. The molecule has 27 heavy (non-hydrogen) atoms. The molecule has 1 saturated heterocycles. The van der Waals surface area contributed by atoms with Gasteiger partial charge in [-0.3, -0.25) is 4.99 Å². The monoisotopic (exact) mass is 509 g/mol. The molecule has 0 radical (unpaired) electrons. The number of hydrogen-bond acceptors (Lipinski definition) is 5. The van der Waals surface area contributed by atoms with E-state index in [-0.39, 0.29) is 24.0 Å². The van der Waals surface area contributed by atoms with Crippen LogP contribution in [0.4, 0.5) is 0 Å². The molecular weight excluding hydrogens is 473 g/mol. The molecular formula is C19H36IN5OS. The number of likely N-dealkylation sites (tertiary alicyclic amines) is 1. The van der Waals surface area contributed by atoms with Crippen LogP contribution in [0.25, 0.3) is 0 Å². The Morgan fingerprint density at radius 1 is 1.41 bits per heavy atom. The van der Waals surface area contributed by atoms with Crippen molar-refractivity contribution in [1.82, 2.24) is 20.5 Å². The third kappa shape index (κ3) is 10.0. The van der Waals surface area contributed by atoms with Crippen LogP contribution in [-0.4, -0.2) is 67.3 Å². The van der Waals surface area contributed by atoms with Crippen LogP contribution in [0, 0.1) is 6.92 Å².